The number of hydrogen-bond acceptors (Lipinski definition) is 6. The molecule has 5 aromatic rings. The summed E-state index contributed by atoms with van der Waals surface area (Å²) in [7, 11) is 0. The van der Waals surface area contributed by atoms with Crippen LogP contribution in [-0.2, 0) is 4.79 Å². The Morgan fingerprint density at radius 3 is 2.70 bits per heavy atom. The fraction of sp³-hybridized carbons (Fsp3) is 0.0833. The summed E-state index contributed by atoms with van der Waals surface area (Å²) < 4.78 is 1.95. The number of fused-ring (bicyclic) bond motifs is 1. The Labute approximate surface area is 203 Å². The molecule has 0 atom stereocenters. The molecule has 9 heteroatoms. The number of carbonyl (C=O) groups is 1. The molecule has 1 N–H and O–H groups in total. The number of para-hydroxylation sites is 1. The quantitative estimate of drug-likeness (QED) is 0.285. The average Bonchev–Trinajstić information content (AvgIpc) is 3.48. The molecule has 1 amide bonds. The third-order valence-electron chi connectivity index (χ3n) is 4.91. The van der Waals surface area contributed by atoms with E-state index in [9.17, 15) is 4.79 Å². The van der Waals surface area contributed by atoms with Gasteiger partial charge in [-0.25, -0.2) is 0 Å². The van der Waals surface area contributed by atoms with Crippen molar-refractivity contribution in [1.29, 1.82) is 0 Å². The third kappa shape index (κ3) is 4.64. The number of aromatic nitrogens is 4. The van der Waals surface area contributed by atoms with Crippen LogP contribution in [0.5, 0.6) is 0 Å². The number of halogens is 1. The Hall–Kier alpha value is -3.20. The second-order valence-corrected chi connectivity index (χ2v) is 9.59. The predicted octanol–water partition coefficient (Wildman–Crippen LogP) is 6.24. The van der Waals surface area contributed by atoms with Crippen molar-refractivity contribution in [3.8, 4) is 16.4 Å². The topological polar surface area (TPSA) is 72.7 Å². The monoisotopic (exact) mass is 491 g/mol. The fourth-order valence-corrected chi connectivity index (χ4v) is 5.06. The lowest BCUT2D eigenvalue weighted by atomic mass is 10.1. The zero-order valence-electron chi connectivity index (χ0n) is 17.5. The first-order valence-electron chi connectivity index (χ1n) is 10.1. The van der Waals surface area contributed by atoms with Gasteiger partial charge < -0.3 is 5.32 Å². The molecule has 0 spiro atoms. The number of carbonyl (C=O) groups excluding carboxylic acids is 1. The Bertz CT molecular complexity index is 1430. The summed E-state index contributed by atoms with van der Waals surface area (Å²) in [5, 5.41) is 16.0. The van der Waals surface area contributed by atoms with Gasteiger partial charge in [0.2, 0.25) is 5.91 Å². The van der Waals surface area contributed by atoms with E-state index in [-0.39, 0.29) is 11.7 Å². The van der Waals surface area contributed by atoms with Gasteiger partial charge in [-0.15, -0.1) is 21.5 Å². The molecule has 0 saturated heterocycles. The molecule has 0 aliphatic rings. The fourth-order valence-electron chi connectivity index (χ4n) is 3.48. The maximum atomic E-state index is 12.8. The Morgan fingerprint density at radius 1 is 1.09 bits per heavy atom. The first kappa shape index (κ1) is 21.6. The van der Waals surface area contributed by atoms with Crippen LogP contribution < -0.4 is 5.32 Å². The molecule has 5 rings (SSSR count). The molecule has 6 nitrogen and oxygen atoms in total. The van der Waals surface area contributed by atoms with Gasteiger partial charge in [0.05, 0.1) is 21.8 Å². The highest BCUT2D eigenvalue weighted by Crippen LogP contribution is 2.31. The molecule has 0 bridgehead atoms. The lowest BCUT2D eigenvalue weighted by Crippen LogP contribution is -2.15. The summed E-state index contributed by atoms with van der Waals surface area (Å²) in [5.41, 5.74) is 3.33. The van der Waals surface area contributed by atoms with Crippen LogP contribution in [0.3, 0.4) is 0 Å². The van der Waals surface area contributed by atoms with Crippen molar-refractivity contribution >= 4 is 57.2 Å². The number of pyridine rings is 1. The van der Waals surface area contributed by atoms with E-state index in [1.54, 1.807) is 11.3 Å². The van der Waals surface area contributed by atoms with Gasteiger partial charge in [0, 0.05) is 21.8 Å². The van der Waals surface area contributed by atoms with Gasteiger partial charge in [-0.3, -0.25) is 14.3 Å². The molecule has 0 aliphatic heterocycles. The minimum absolute atomic E-state index is 0.126. The Balaban J connectivity index is 1.40. The number of amides is 1. The number of hydrogen-bond donors (Lipinski definition) is 1. The molecule has 3 heterocycles. The van der Waals surface area contributed by atoms with Gasteiger partial charge in [0.25, 0.3) is 0 Å². The van der Waals surface area contributed by atoms with E-state index in [0.29, 0.717) is 10.2 Å². The van der Waals surface area contributed by atoms with E-state index < -0.39 is 0 Å². The number of rotatable bonds is 6. The van der Waals surface area contributed by atoms with E-state index in [1.807, 2.05) is 83.6 Å². The van der Waals surface area contributed by atoms with Gasteiger partial charge in [-0.2, -0.15) is 0 Å². The van der Waals surface area contributed by atoms with Crippen molar-refractivity contribution in [3.05, 3.63) is 82.8 Å². The number of nitrogens with one attached hydrogen (secondary N) is 1. The number of benzene rings is 2. The van der Waals surface area contributed by atoms with Gasteiger partial charge in [0.15, 0.2) is 11.0 Å². The Morgan fingerprint density at radius 2 is 1.91 bits per heavy atom. The predicted molar refractivity (Wildman–Crippen MR) is 136 cm³/mol. The van der Waals surface area contributed by atoms with E-state index in [4.69, 9.17) is 11.6 Å². The maximum Gasteiger partial charge on any atom is 0.234 e. The first-order valence-corrected chi connectivity index (χ1v) is 12.4. The standard InChI is InChI=1S/C24H18ClN5OS2/c1-15-13-20(18-5-2-3-6-19(18)26-15)27-22(31)14-33-24-29-28-23(21-7-4-12-32-21)30(24)17-10-8-16(25)9-11-17/h2-13H,14H2,1H3,(H,26,27,31). The van der Waals surface area contributed by atoms with Crippen molar-refractivity contribution < 1.29 is 4.79 Å². The molecule has 0 aliphatic carbocycles. The van der Waals surface area contributed by atoms with Gasteiger partial charge in [0.1, 0.15) is 0 Å². The molecule has 2 aromatic carbocycles. The molecule has 0 fully saturated rings. The van der Waals surface area contributed by atoms with Crippen LogP contribution in [0.25, 0.3) is 27.3 Å². The van der Waals surface area contributed by atoms with Crippen LogP contribution in [0.15, 0.2) is 77.3 Å². The van der Waals surface area contributed by atoms with Crippen LogP contribution in [0, 0.1) is 6.92 Å². The van der Waals surface area contributed by atoms with Crippen LogP contribution in [0.1, 0.15) is 5.69 Å². The van der Waals surface area contributed by atoms with E-state index in [1.165, 1.54) is 11.8 Å². The molecular weight excluding hydrogens is 474 g/mol. The van der Waals surface area contributed by atoms with Crippen molar-refractivity contribution in [1.82, 2.24) is 19.7 Å². The third-order valence-corrected chi connectivity index (χ3v) is 6.96. The minimum Gasteiger partial charge on any atom is -0.325 e. The minimum atomic E-state index is -0.126. The lowest BCUT2D eigenvalue weighted by Gasteiger charge is -2.11. The molecular formula is C24H18ClN5OS2. The first-order chi connectivity index (χ1) is 16.1. The summed E-state index contributed by atoms with van der Waals surface area (Å²) in [4.78, 5) is 18.4. The summed E-state index contributed by atoms with van der Waals surface area (Å²) in [6.45, 7) is 1.91. The highest BCUT2D eigenvalue weighted by Gasteiger charge is 2.18. The largest absolute Gasteiger partial charge is 0.325 e. The highest BCUT2D eigenvalue weighted by atomic mass is 35.5. The van der Waals surface area contributed by atoms with E-state index in [0.717, 1.165) is 38.7 Å². The second-order valence-electron chi connectivity index (χ2n) is 7.26. The maximum absolute atomic E-state index is 12.8. The normalized spacial score (nSPS) is 11.1. The van der Waals surface area contributed by atoms with Crippen LogP contribution in [0.4, 0.5) is 5.69 Å². The number of anilines is 1. The van der Waals surface area contributed by atoms with Crippen molar-refractivity contribution in [2.75, 3.05) is 11.1 Å². The van der Waals surface area contributed by atoms with Crippen LogP contribution in [-0.4, -0.2) is 31.4 Å². The summed E-state index contributed by atoms with van der Waals surface area (Å²) in [5.74, 6) is 0.788. The van der Waals surface area contributed by atoms with Crippen molar-refractivity contribution in [3.63, 3.8) is 0 Å². The number of thiophene rings is 1. The zero-order valence-corrected chi connectivity index (χ0v) is 19.9. The number of thioether (sulfide) groups is 1. The SMILES string of the molecule is Cc1cc(NC(=O)CSc2nnc(-c3cccs3)n2-c2ccc(Cl)cc2)c2ccccc2n1. The average molecular weight is 492 g/mol. The summed E-state index contributed by atoms with van der Waals surface area (Å²) in [6.07, 6.45) is 0. The smallest absolute Gasteiger partial charge is 0.234 e. The van der Waals surface area contributed by atoms with Crippen LogP contribution >= 0.6 is 34.7 Å². The molecule has 33 heavy (non-hydrogen) atoms. The highest BCUT2D eigenvalue weighted by molar-refractivity contribution is 7.99. The van der Waals surface area contributed by atoms with E-state index >= 15 is 0 Å². The molecule has 0 saturated carbocycles. The zero-order chi connectivity index (χ0) is 22.8. The van der Waals surface area contributed by atoms with Crippen molar-refractivity contribution in [2.45, 2.75) is 12.1 Å². The lowest BCUT2D eigenvalue weighted by molar-refractivity contribution is -0.113. The van der Waals surface area contributed by atoms with Crippen molar-refractivity contribution in [2.24, 2.45) is 0 Å². The van der Waals surface area contributed by atoms with Gasteiger partial charge in [-0.05, 0) is 54.8 Å². The number of aryl methyl sites for hydroxylation is 1. The number of nitrogens with zero attached hydrogens (tertiary/aromatic N) is 4. The summed E-state index contributed by atoms with van der Waals surface area (Å²) >= 11 is 9.00. The van der Waals surface area contributed by atoms with Gasteiger partial charge >= 0.3 is 0 Å². The summed E-state index contributed by atoms with van der Waals surface area (Å²) in [6, 6.07) is 21.1. The van der Waals surface area contributed by atoms with E-state index in [2.05, 4.69) is 20.5 Å². The second kappa shape index (κ2) is 9.35. The van der Waals surface area contributed by atoms with Gasteiger partial charge in [-0.1, -0.05) is 47.6 Å². The molecule has 0 radical (unpaired) electrons. The Kier molecular flexibility index (Phi) is 6.13. The van der Waals surface area contributed by atoms with Crippen LogP contribution in [0.2, 0.25) is 5.02 Å². The molecule has 0 unspecified atom stereocenters. The molecule has 3 aromatic heterocycles. The molecule has 164 valence electrons.